The summed E-state index contributed by atoms with van der Waals surface area (Å²) in [4.78, 5) is 0. The fourth-order valence-electron chi connectivity index (χ4n) is 2.17. The molecule has 0 saturated carbocycles. The van der Waals surface area contributed by atoms with Crippen LogP contribution < -0.4 is 10.1 Å². The number of hydrogen-bond acceptors (Lipinski definition) is 2. The van der Waals surface area contributed by atoms with Crippen LogP contribution in [0.25, 0.3) is 0 Å². The standard InChI is InChI=1S/C14H29N4/c1-5-9-11-13-16-17(8-4)14(12-10-6-2)18(13)15-7-3/h15H,5-12H2,1-4H3/q+1. The zero-order valence-corrected chi connectivity index (χ0v) is 12.5. The van der Waals surface area contributed by atoms with Gasteiger partial charge in [-0.15, -0.1) is 9.36 Å². The second kappa shape index (κ2) is 8.11. The average molecular weight is 253 g/mol. The Bertz CT molecular complexity index is 344. The third-order valence-electron chi connectivity index (χ3n) is 3.17. The lowest BCUT2D eigenvalue weighted by Crippen LogP contribution is -2.40. The van der Waals surface area contributed by atoms with Crippen molar-refractivity contribution in [1.82, 2.24) is 9.77 Å². The highest BCUT2D eigenvalue weighted by Gasteiger charge is 2.23. The Labute approximate surface area is 111 Å². The third-order valence-corrected chi connectivity index (χ3v) is 3.17. The fraction of sp³-hybridized carbons (Fsp3) is 0.857. The van der Waals surface area contributed by atoms with Crippen LogP contribution >= 0.6 is 0 Å². The molecular weight excluding hydrogens is 224 g/mol. The molecule has 4 nitrogen and oxygen atoms in total. The molecule has 0 aliphatic carbocycles. The van der Waals surface area contributed by atoms with E-state index in [-0.39, 0.29) is 0 Å². The largest absolute Gasteiger partial charge is 0.302 e. The minimum atomic E-state index is 0.943. The summed E-state index contributed by atoms with van der Waals surface area (Å²) >= 11 is 0. The summed E-state index contributed by atoms with van der Waals surface area (Å²) in [5.74, 6) is 2.51. The number of aryl methyl sites for hydroxylation is 2. The summed E-state index contributed by atoms with van der Waals surface area (Å²) in [6, 6.07) is 0. The molecule has 0 amide bonds. The lowest BCUT2D eigenvalue weighted by atomic mass is 10.2. The summed E-state index contributed by atoms with van der Waals surface area (Å²) in [6.07, 6.45) is 7.05. The number of nitrogens with one attached hydrogen (secondary N) is 1. The molecule has 1 rings (SSSR count). The zero-order chi connectivity index (χ0) is 13.4. The minimum Gasteiger partial charge on any atom is -0.255 e. The maximum Gasteiger partial charge on any atom is 0.302 e. The third kappa shape index (κ3) is 3.72. The maximum atomic E-state index is 4.75. The predicted octanol–water partition coefficient (Wildman–Crippen LogP) is 2.44. The monoisotopic (exact) mass is 253 g/mol. The number of rotatable bonds is 9. The summed E-state index contributed by atoms with van der Waals surface area (Å²) in [7, 11) is 0. The van der Waals surface area contributed by atoms with Crippen LogP contribution in [-0.4, -0.2) is 16.3 Å². The Kier molecular flexibility index (Phi) is 6.76. The van der Waals surface area contributed by atoms with E-state index in [4.69, 9.17) is 5.10 Å². The minimum absolute atomic E-state index is 0.943. The Morgan fingerprint density at radius 3 is 2.28 bits per heavy atom. The molecule has 0 fully saturated rings. The molecule has 1 N–H and O–H groups in total. The molecule has 0 aromatic carbocycles. The Hall–Kier alpha value is -1.06. The Morgan fingerprint density at radius 2 is 1.72 bits per heavy atom. The highest BCUT2D eigenvalue weighted by molar-refractivity contribution is 4.95. The number of unbranched alkanes of at least 4 members (excludes halogenated alkanes) is 2. The van der Waals surface area contributed by atoms with Crippen molar-refractivity contribution in [3.05, 3.63) is 11.6 Å². The van der Waals surface area contributed by atoms with Crippen molar-refractivity contribution in [3.63, 3.8) is 0 Å². The highest BCUT2D eigenvalue weighted by Crippen LogP contribution is 2.06. The van der Waals surface area contributed by atoms with Gasteiger partial charge in [-0.2, -0.15) is 0 Å². The second-order valence-corrected chi connectivity index (χ2v) is 4.70. The number of aromatic nitrogens is 3. The Balaban J connectivity index is 2.97. The lowest BCUT2D eigenvalue weighted by molar-refractivity contribution is -0.755. The van der Waals surface area contributed by atoms with Crippen molar-refractivity contribution in [2.75, 3.05) is 12.0 Å². The molecule has 0 unspecified atom stereocenters. The van der Waals surface area contributed by atoms with Gasteiger partial charge in [-0.05, 0) is 31.8 Å². The maximum absolute atomic E-state index is 4.75. The van der Waals surface area contributed by atoms with Crippen molar-refractivity contribution in [2.45, 2.75) is 72.8 Å². The van der Waals surface area contributed by atoms with Crippen LogP contribution in [0.4, 0.5) is 0 Å². The molecule has 0 saturated heterocycles. The molecule has 0 atom stereocenters. The molecule has 1 heterocycles. The van der Waals surface area contributed by atoms with Gasteiger partial charge in [0.2, 0.25) is 0 Å². The van der Waals surface area contributed by atoms with Crippen LogP contribution in [-0.2, 0) is 19.4 Å². The van der Waals surface area contributed by atoms with Gasteiger partial charge in [-0.1, -0.05) is 26.7 Å². The van der Waals surface area contributed by atoms with Gasteiger partial charge in [0, 0.05) is 13.0 Å². The van der Waals surface area contributed by atoms with Crippen LogP contribution in [0, 0.1) is 0 Å². The quantitative estimate of drug-likeness (QED) is 0.686. The number of hydrogen-bond donors (Lipinski definition) is 1. The highest BCUT2D eigenvalue weighted by atomic mass is 15.5. The molecule has 4 heteroatoms. The molecule has 1 aromatic heterocycles. The van der Waals surface area contributed by atoms with Gasteiger partial charge in [-0.3, -0.25) is 5.43 Å². The first-order valence-electron chi connectivity index (χ1n) is 7.52. The predicted molar refractivity (Wildman–Crippen MR) is 75.2 cm³/mol. The van der Waals surface area contributed by atoms with Crippen molar-refractivity contribution in [2.24, 2.45) is 0 Å². The summed E-state index contributed by atoms with van der Waals surface area (Å²) in [6.45, 7) is 10.7. The van der Waals surface area contributed by atoms with Crippen molar-refractivity contribution < 1.29 is 4.68 Å². The molecule has 1 aromatic rings. The van der Waals surface area contributed by atoms with E-state index in [1.165, 1.54) is 37.3 Å². The van der Waals surface area contributed by atoms with E-state index in [2.05, 4.69) is 42.5 Å². The van der Waals surface area contributed by atoms with Gasteiger partial charge in [0.15, 0.2) is 0 Å². The molecule has 0 aliphatic heterocycles. The van der Waals surface area contributed by atoms with Gasteiger partial charge < -0.3 is 0 Å². The molecule has 104 valence electrons. The van der Waals surface area contributed by atoms with E-state index in [9.17, 15) is 0 Å². The van der Waals surface area contributed by atoms with E-state index >= 15 is 0 Å². The molecule has 18 heavy (non-hydrogen) atoms. The van der Waals surface area contributed by atoms with Gasteiger partial charge >= 0.3 is 5.82 Å². The van der Waals surface area contributed by atoms with Crippen LogP contribution in [0.2, 0.25) is 0 Å². The van der Waals surface area contributed by atoms with Crippen LogP contribution in [0.15, 0.2) is 0 Å². The first-order valence-corrected chi connectivity index (χ1v) is 7.52. The van der Waals surface area contributed by atoms with E-state index in [1.54, 1.807) is 0 Å². The van der Waals surface area contributed by atoms with Crippen LogP contribution in [0.5, 0.6) is 0 Å². The Morgan fingerprint density at radius 1 is 1.06 bits per heavy atom. The second-order valence-electron chi connectivity index (χ2n) is 4.70. The lowest BCUT2D eigenvalue weighted by Gasteiger charge is -2.04. The molecule has 0 bridgehead atoms. The zero-order valence-electron chi connectivity index (χ0n) is 12.5. The van der Waals surface area contributed by atoms with E-state index in [0.29, 0.717) is 0 Å². The van der Waals surface area contributed by atoms with Gasteiger partial charge in [-0.25, -0.2) is 0 Å². The van der Waals surface area contributed by atoms with E-state index < -0.39 is 0 Å². The van der Waals surface area contributed by atoms with Gasteiger partial charge in [0.25, 0.3) is 5.82 Å². The summed E-state index contributed by atoms with van der Waals surface area (Å²) in [5.41, 5.74) is 3.45. The van der Waals surface area contributed by atoms with Crippen LogP contribution in [0.3, 0.4) is 0 Å². The fourth-order valence-corrected chi connectivity index (χ4v) is 2.17. The molecule has 0 radical (unpaired) electrons. The summed E-state index contributed by atoms with van der Waals surface area (Å²) < 4.78 is 4.39. The normalized spacial score (nSPS) is 10.9. The van der Waals surface area contributed by atoms with Crippen LogP contribution in [0.1, 0.15) is 65.0 Å². The van der Waals surface area contributed by atoms with E-state index in [1.807, 2.05) is 0 Å². The molecule has 0 aliphatic rings. The molecular formula is C14H29N4+. The number of nitrogens with zero attached hydrogens (tertiary/aromatic N) is 3. The van der Waals surface area contributed by atoms with Gasteiger partial charge in [0.1, 0.15) is 6.54 Å². The first-order chi connectivity index (χ1) is 8.78. The van der Waals surface area contributed by atoms with E-state index in [0.717, 1.165) is 25.9 Å². The topological polar surface area (TPSA) is 33.7 Å². The SMILES string of the molecule is CCCCc1n[n+](CC)c(CCCC)n1NCC. The van der Waals surface area contributed by atoms with Crippen molar-refractivity contribution in [3.8, 4) is 0 Å². The van der Waals surface area contributed by atoms with Crippen molar-refractivity contribution in [1.29, 1.82) is 0 Å². The molecule has 0 spiro atoms. The van der Waals surface area contributed by atoms with Gasteiger partial charge in [0.05, 0.1) is 6.42 Å². The smallest absolute Gasteiger partial charge is 0.255 e. The van der Waals surface area contributed by atoms with Crippen molar-refractivity contribution >= 4 is 0 Å². The first kappa shape index (κ1) is 15.0. The summed E-state index contributed by atoms with van der Waals surface area (Å²) in [5, 5.41) is 4.75. The average Bonchev–Trinajstić information content (AvgIpc) is 2.72.